The average molecular weight is 710 g/mol. The van der Waals surface area contributed by atoms with Crippen molar-refractivity contribution in [3.8, 4) is 0 Å². The number of aliphatic hydroxyl groups excluding tert-OH is 10. The molecule has 0 aliphatic carbocycles. The molecule has 0 saturated carbocycles. The van der Waals surface area contributed by atoms with Gasteiger partial charge in [0.25, 0.3) is 5.79 Å². The van der Waals surface area contributed by atoms with Crippen LogP contribution in [0.5, 0.6) is 0 Å². The van der Waals surface area contributed by atoms with Crippen LogP contribution in [0.2, 0.25) is 0 Å². The average Bonchev–Trinajstić information content (AvgIpc) is 3.05. The Morgan fingerprint density at radius 1 is 1.00 bits per heavy atom. The summed E-state index contributed by atoms with van der Waals surface area (Å²) in [5, 5.41) is 127. The first kappa shape index (κ1) is 43.2. The van der Waals surface area contributed by atoms with Crippen LogP contribution >= 0.6 is 0 Å². The van der Waals surface area contributed by atoms with Gasteiger partial charge in [-0.25, -0.2) is 4.79 Å². The molecule has 0 radical (unpaired) electrons. The van der Waals surface area contributed by atoms with Crippen molar-refractivity contribution in [2.24, 2.45) is 4.99 Å². The van der Waals surface area contributed by atoms with E-state index in [1.807, 2.05) is 0 Å². The second-order valence-electron chi connectivity index (χ2n) is 11.2. The van der Waals surface area contributed by atoms with Crippen LogP contribution < -0.4 is 34.7 Å². The van der Waals surface area contributed by atoms with E-state index in [9.17, 15) is 66.1 Å². The molecule has 0 amide bonds. The van der Waals surface area contributed by atoms with Gasteiger partial charge in [0.1, 0.15) is 73.2 Å². The van der Waals surface area contributed by atoms with Gasteiger partial charge < -0.3 is 89.7 Å². The fourth-order valence-electron chi connectivity index (χ4n) is 5.43. The van der Waals surface area contributed by atoms with Gasteiger partial charge in [0.05, 0.1) is 32.5 Å². The van der Waals surface area contributed by atoms with Gasteiger partial charge in [-0.2, -0.15) is 0 Å². The Morgan fingerprint density at radius 3 is 2.17 bits per heavy atom. The third-order valence-electron chi connectivity index (χ3n) is 8.01. The van der Waals surface area contributed by atoms with Crippen LogP contribution in [-0.2, 0) is 33.2 Å². The first-order valence-corrected chi connectivity index (χ1v) is 14.8. The number of aliphatic imine (C=N–C) groups is 1. The van der Waals surface area contributed by atoms with Crippen LogP contribution in [0.15, 0.2) is 17.6 Å². The van der Waals surface area contributed by atoms with E-state index in [2.05, 4.69) is 11.6 Å². The predicted octanol–water partition coefficient (Wildman–Crippen LogP) is -9.98. The Hall–Kier alpha value is -0.960. The fourth-order valence-corrected chi connectivity index (χ4v) is 5.43. The molecule has 3 fully saturated rings. The minimum absolute atomic E-state index is 0. The summed E-state index contributed by atoms with van der Waals surface area (Å²) in [6.45, 7) is 1.97. The molecule has 3 heterocycles. The van der Waals surface area contributed by atoms with Crippen molar-refractivity contribution in [2.75, 3.05) is 26.4 Å². The van der Waals surface area contributed by atoms with Crippen molar-refractivity contribution < 1.29 is 124 Å². The van der Waals surface area contributed by atoms with Crippen molar-refractivity contribution in [3.63, 3.8) is 0 Å². The predicted molar refractivity (Wildman–Crippen MR) is 148 cm³/mol. The molecule has 272 valence electrons. The van der Waals surface area contributed by atoms with Crippen molar-refractivity contribution in [3.05, 3.63) is 12.7 Å². The summed E-state index contributed by atoms with van der Waals surface area (Å²) in [6.07, 6.45) is -25.8. The number of carboxylic acids is 1. The molecular formula is C27H44NNaO19. The molecule has 0 spiro atoms. The zero-order valence-electron chi connectivity index (χ0n) is 26.3. The number of ether oxygens (including phenoxy) is 6. The molecule has 21 heteroatoms. The van der Waals surface area contributed by atoms with Crippen molar-refractivity contribution in [2.45, 2.75) is 117 Å². The molecule has 0 aromatic heterocycles. The van der Waals surface area contributed by atoms with Crippen LogP contribution in [0.3, 0.4) is 0 Å². The van der Waals surface area contributed by atoms with Crippen molar-refractivity contribution >= 4 is 11.9 Å². The van der Waals surface area contributed by atoms with Gasteiger partial charge >= 0.3 is 35.5 Å². The molecule has 0 unspecified atom stereocenters. The van der Waals surface area contributed by atoms with Gasteiger partial charge in [-0.05, 0) is 12.3 Å². The summed E-state index contributed by atoms with van der Waals surface area (Å²) < 4.78 is 32.9. The van der Waals surface area contributed by atoms with E-state index in [0.717, 1.165) is 0 Å². The Kier molecular flexibility index (Phi) is 17.1. The Labute approximate surface area is 296 Å². The SMILES string of the molecule is C=CCO[C@@H]1O[C@H](CO)[C@@H](O[C@@H]2O[C@H](CO)[C@H](O)[C@H](O[C@]3(C(=O)O)C[C@H](O)[C@@H](N=C([O-])CC)[C@H]([C@H](O)[C@H](O)CO)O3)[C@H]2O)[C@H](O)[C@H]1O.[Na+]. The number of nitrogens with zero attached hydrogens (tertiary/aromatic N) is 1. The molecular weight excluding hydrogens is 665 g/mol. The van der Waals surface area contributed by atoms with E-state index in [4.69, 9.17) is 28.4 Å². The van der Waals surface area contributed by atoms with Crippen LogP contribution in [0.25, 0.3) is 0 Å². The summed E-state index contributed by atoms with van der Waals surface area (Å²) in [5.41, 5.74) is 0. The third-order valence-corrected chi connectivity index (χ3v) is 8.01. The first-order valence-electron chi connectivity index (χ1n) is 14.8. The van der Waals surface area contributed by atoms with Crippen LogP contribution in [0.4, 0.5) is 0 Å². The molecule has 11 N–H and O–H groups in total. The molecule has 3 aliphatic heterocycles. The maximum absolute atomic E-state index is 12.7. The van der Waals surface area contributed by atoms with Gasteiger partial charge in [-0.3, -0.25) is 4.99 Å². The van der Waals surface area contributed by atoms with E-state index in [0.29, 0.717) is 0 Å². The number of carboxylic acid groups (broad SMARTS) is 1. The van der Waals surface area contributed by atoms with Gasteiger partial charge in [0.15, 0.2) is 12.6 Å². The third kappa shape index (κ3) is 9.47. The van der Waals surface area contributed by atoms with Gasteiger partial charge in [-0.1, -0.05) is 13.0 Å². The number of hydrogen-bond acceptors (Lipinski definition) is 19. The Bertz CT molecular complexity index is 1060. The Balaban J connectivity index is 0.00000800. The largest absolute Gasteiger partial charge is 1.00 e. The molecule has 48 heavy (non-hydrogen) atoms. The molecule has 0 bridgehead atoms. The number of aliphatic hydroxyl groups is 10. The summed E-state index contributed by atoms with van der Waals surface area (Å²) in [5.74, 6) is -5.79. The Morgan fingerprint density at radius 2 is 1.62 bits per heavy atom. The smallest absolute Gasteiger partial charge is 0.862 e. The molecule has 3 aliphatic rings. The fraction of sp³-hybridized carbons (Fsp3) is 0.852. The van der Waals surface area contributed by atoms with Crippen molar-refractivity contribution in [1.82, 2.24) is 0 Å². The van der Waals surface area contributed by atoms with E-state index < -0.39 is 136 Å². The minimum atomic E-state index is -3.04. The number of aliphatic carboxylic acids is 1. The van der Waals surface area contributed by atoms with E-state index in [1.165, 1.54) is 13.0 Å². The van der Waals surface area contributed by atoms with E-state index in [-0.39, 0.29) is 42.6 Å². The zero-order chi connectivity index (χ0) is 35.2. The van der Waals surface area contributed by atoms with Crippen LogP contribution in [-0.4, -0.2) is 192 Å². The van der Waals surface area contributed by atoms with Crippen molar-refractivity contribution in [1.29, 1.82) is 0 Å². The summed E-state index contributed by atoms with van der Waals surface area (Å²) in [4.78, 5) is 16.4. The number of hydrogen-bond donors (Lipinski definition) is 11. The minimum Gasteiger partial charge on any atom is -0.862 e. The zero-order valence-corrected chi connectivity index (χ0v) is 28.3. The summed E-state index contributed by atoms with van der Waals surface area (Å²) >= 11 is 0. The van der Waals surface area contributed by atoms with Gasteiger partial charge in [0.2, 0.25) is 0 Å². The maximum atomic E-state index is 12.7. The van der Waals surface area contributed by atoms with E-state index >= 15 is 0 Å². The quantitative estimate of drug-likeness (QED) is 0.0325. The number of carbonyl (C=O) groups is 1. The molecule has 0 aromatic rings. The molecule has 20 nitrogen and oxygen atoms in total. The van der Waals surface area contributed by atoms with E-state index in [1.54, 1.807) is 0 Å². The number of rotatable bonds is 15. The topological polar surface area (TPSA) is 330 Å². The molecule has 3 saturated heterocycles. The summed E-state index contributed by atoms with van der Waals surface area (Å²) in [6, 6.07) is -1.66. The second-order valence-corrected chi connectivity index (χ2v) is 11.2. The standard InChI is InChI=1S/C27H45NO19.Na/c1-3-5-42-24-19(38)18(37)21(13(9-31)44-24)45-25-20(39)23(17(36)12(8-30)43-25)47-27(26(40)41)6-10(32)15(28-14(34)4-2)22(46-27)16(35)11(33)7-29;/h3,10-13,15-25,29-33,35-39H,1,4-9H2,2H3,(H,28,34)(H,40,41);/q;+1/p-1/t10-,11+,12+,13+,15+,16+,17-,18+,19+,20+,21+,22+,23-,24+,25-,27-;/m0./s1. The monoisotopic (exact) mass is 709 g/mol. The second kappa shape index (κ2) is 19.0. The molecule has 0 aromatic carbocycles. The first-order chi connectivity index (χ1) is 22.2. The molecule has 16 atom stereocenters. The summed E-state index contributed by atoms with van der Waals surface area (Å²) in [7, 11) is 0. The van der Waals surface area contributed by atoms with Crippen LogP contribution in [0.1, 0.15) is 19.8 Å². The molecule has 3 rings (SSSR count). The van der Waals surface area contributed by atoms with Crippen LogP contribution in [0, 0.1) is 0 Å². The van der Waals surface area contributed by atoms with Gasteiger partial charge in [-0.15, -0.1) is 6.58 Å². The maximum Gasteiger partial charge on any atom is 1.00 e. The normalized spacial score (nSPS) is 42.0. The van der Waals surface area contributed by atoms with Gasteiger partial charge in [0, 0.05) is 6.42 Å².